The van der Waals surface area contributed by atoms with Gasteiger partial charge >= 0.3 is 0 Å². The lowest BCUT2D eigenvalue weighted by atomic mass is 10.2. The molecule has 1 heterocycles. The van der Waals surface area contributed by atoms with Crippen molar-refractivity contribution in [1.82, 2.24) is 4.98 Å². The second-order valence-corrected chi connectivity index (χ2v) is 5.41. The van der Waals surface area contributed by atoms with Gasteiger partial charge in [0.2, 0.25) is 0 Å². The van der Waals surface area contributed by atoms with Crippen molar-refractivity contribution in [3.63, 3.8) is 0 Å². The van der Waals surface area contributed by atoms with E-state index >= 15 is 0 Å². The van der Waals surface area contributed by atoms with Crippen LogP contribution in [-0.2, 0) is 11.2 Å². The number of hydrogen-bond donors (Lipinski definition) is 0. The van der Waals surface area contributed by atoms with Crippen LogP contribution in [0.3, 0.4) is 0 Å². The van der Waals surface area contributed by atoms with Gasteiger partial charge in [-0.05, 0) is 39.0 Å². The quantitative estimate of drug-likeness (QED) is 0.782. The van der Waals surface area contributed by atoms with Crippen LogP contribution in [0.2, 0.25) is 0 Å². The van der Waals surface area contributed by atoms with Gasteiger partial charge in [-0.2, -0.15) is 0 Å². The number of nitrogens with zero attached hydrogens (tertiary/aromatic N) is 1. The van der Waals surface area contributed by atoms with Crippen molar-refractivity contribution >= 4 is 17.1 Å². The molecule has 5 heteroatoms. The average Bonchev–Trinajstić information content (AvgIpc) is 2.89. The largest absolute Gasteiger partial charge is 0.490 e. The molecule has 0 radical (unpaired) electrons. The highest BCUT2D eigenvalue weighted by atomic mass is 32.1. The molecule has 0 aliphatic carbocycles. The van der Waals surface area contributed by atoms with Gasteiger partial charge in [0.25, 0.3) is 0 Å². The van der Waals surface area contributed by atoms with Gasteiger partial charge < -0.3 is 9.47 Å². The van der Waals surface area contributed by atoms with E-state index in [0.29, 0.717) is 19.6 Å². The number of benzene rings is 1. The van der Waals surface area contributed by atoms with Crippen LogP contribution in [0, 0.1) is 0 Å². The molecule has 2 rings (SSSR count). The maximum absolute atomic E-state index is 11.1. The molecule has 0 spiro atoms. The zero-order valence-corrected chi connectivity index (χ0v) is 13.3. The third kappa shape index (κ3) is 4.04. The highest BCUT2D eigenvalue weighted by Crippen LogP contribution is 2.34. The van der Waals surface area contributed by atoms with Crippen LogP contribution in [0.15, 0.2) is 23.6 Å². The van der Waals surface area contributed by atoms with E-state index in [0.717, 1.165) is 27.8 Å². The first-order valence-electron chi connectivity index (χ1n) is 6.97. The number of carbonyl (C=O) groups is 1. The zero-order valence-electron chi connectivity index (χ0n) is 12.5. The SMILES string of the molecule is CCOc1ccc(-c2nc(CC(C)=O)cs2)cc1OCC. The highest BCUT2D eigenvalue weighted by Gasteiger charge is 2.11. The molecule has 0 saturated carbocycles. The van der Waals surface area contributed by atoms with Crippen molar-refractivity contribution in [2.75, 3.05) is 13.2 Å². The van der Waals surface area contributed by atoms with Crippen molar-refractivity contribution in [2.45, 2.75) is 27.2 Å². The maximum Gasteiger partial charge on any atom is 0.161 e. The lowest BCUT2D eigenvalue weighted by molar-refractivity contribution is -0.116. The van der Waals surface area contributed by atoms with E-state index in [2.05, 4.69) is 4.98 Å². The Morgan fingerprint density at radius 1 is 1.19 bits per heavy atom. The average molecular weight is 305 g/mol. The number of rotatable bonds is 7. The zero-order chi connectivity index (χ0) is 15.2. The first kappa shape index (κ1) is 15.5. The topological polar surface area (TPSA) is 48.4 Å². The Kier molecular flexibility index (Phi) is 5.33. The predicted molar refractivity (Wildman–Crippen MR) is 84.3 cm³/mol. The Hall–Kier alpha value is -1.88. The molecule has 0 bridgehead atoms. The van der Waals surface area contributed by atoms with Crippen LogP contribution >= 0.6 is 11.3 Å². The molecule has 0 unspecified atom stereocenters. The lowest BCUT2D eigenvalue weighted by Gasteiger charge is -2.11. The third-order valence-electron chi connectivity index (χ3n) is 2.77. The third-order valence-corrected chi connectivity index (χ3v) is 3.71. The molecule has 1 aromatic carbocycles. The number of carbonyl (C=O) groups excluding carboxylic acids is 1. The molecular formula is C16H19NO3S. The fourth-order valence-corrected chi connectivity index (χ4v) is 2.78. The minimum absolute atomic E-state index is 0.119. The van der Waals surface area contributed by atoms with Gasteiger partial charge in [-0.25, -0.2) is 4.98 Å². The summed E-state index contributed by atoms with van der Waals surface area (Å²) in [6.07, 6.45) is 0.381. The fraction of sp³-hybridized carbons (Fsp3) is 0.375. The van der Waals surface area contributed by atoms with E-state index in [-0.39, 0.29) is 5.78 Å². The monoisotopic (exact) mass is 305 g/mol. The van der Waals surface area contributed by atoms with Crippen LogP contribution in [0.1, 0.15) is 26.5 Å². The van der Waals surface area contributed by atoms with E-state index in [1.165, 1.54) is 11.3 Å². The van der Waals surface area contributed by atoms with Crippen LogP contribution < -0.4 is 9.47 Å². The molecule has 1 aromatic heterocycles. The number of Topliss-reactive ketones (excluding diaryl/α,β-unsaturated/α-hetero) is 1. The van der Waals surface area contributed by atoms with E-state index in [1.54, 1.807) is 6.92 Å². The Morgan fingerprint density at radius 3 is 2.57 bits per heavy atom. The summed E-state index contributed by atoms with van der Waals surface area (Å²) in [5.74, 6) is 1.58. The molecule has 0 saturated heterocycles. The number of ether oxygens (including phenoxy) is 2. The molecule has 4 nitrogen and oxygen atoms in total. The number of aromatic nitrogens is 1. The molecule has 0 atom stereocenters. The molecule has 0 aliphatic heterocycles. The van der Waals surface area contributed by atoms with Gasteiger partial charge in [-0.3, -0.25) is 4.79 Å². The van der Waals surface area contributed by atoms with Crippen LogP contribution in [0.5, 0.6) is 11.5 Å². The van der Waals surface area contributed by atoms with Gasteiger partial charge in [0, 0.05) is 17.4 Å². The summed E-state index contributed by atoms with van der Waals surface area (Å²) in [4.78, 5) is 15.6. The lowest BCUT2D eigenvalue weighted by Crippen LogP contribution is -1.98. The van der Waals surface area contributed by atoms with Crippen LogP contribution in [-0.4, -0.2) is 24.0 Å². The molecule has 21 heavy (non-hydrogen) atoms. The summed E-state index contributed by atoms with van der Waals surface area (Å²) in [6, 6.07) is 5.80. The Labute approximate surface area is 128 Å². The molecule has 0 aliphatic rings. The van der Waals surface area contributed by atoms with Crippen molar-refractivity contribution in [3.05, 3.63) is 29.3 Å². The standard InChI is InChI=1S/C16H19NO3S/c1-4-19-14-7-6-12(9-15(14)20-5-2)16-17-13(10-21-16)8-11(3)18/h6-7,9-10H,4-5,8H2,1-3H3. The van der Waals surface area contributed by atoms with E-state index < -0.39 is 0 Å². The summed E-state index contributed by atoms with van der Waals surface area (Å²) in [7, 11) is 0. The maximum atomic E-state index is 11.1. The summed E-state index contributed by atoms with van der Waals surface area (Å²) in [5, 5.41) is 2.81. The molecule has 112 valence electrons. The Balaban J connectivity index is 2.28. The van der Waals surface area contributed by atoms with Crippen molar-refractivity contribution in [1.29, 1.82) is 0 Å². The Morgan fingerprint density at radius 2 is 1.90 bits per heavy atom. The smallest absolute Gasteiger partial charge is 0.161 e. The molecular weight excluding hydrogens is 286 g/mol. The van der Waals surface area contributed by atoms with E-state index in [4.69, 9.17) is 9.47 Å². The highest BCUT2D eigenvalue weighted by molar-refractivity contribution is 7.13. The molecule has 2 aromatic rings. The van der Waals surface area contributed by atoms with Crippen molar-refractivity contribution in [3.8, 4) is 22.1 Å². The normalized spacial score (nSPS) is 10.4. The van der Waals surface area contributed by atoms with E-state index in [9.17, 15) is 4.79 Å². The minimum Gasteiger partial charge on any atom is -0.490 e. The van der Waals surface area contributed by atoms with Gasteiger partial charge in [0.1, 0.15) is 10.8 Å². The summed E-state index contributed by atoms with van der Waals surface area (Å²) >= 11 is 1.53. The van der Waals surface area contributed by atoms with Crippen molar-refractivity contribution in [2.24, 2.45) is 0 Å². The second kappa shape index (κ2) is 7.22. The molecule has 0 amide bonds. The fourth-order valence-electron chi connectivity index (χ4n) is 1.96. The summed E-state index contributed by atoms with van der Waals surface area (Å²) in [6.45, 7) is 6.63. The molecule has 0 fully saturated rings. The van der Waals surface area contributed by atoms with Crippen molar-refractivity contribution < 1.29 is 14.3 Å². The van der Waals surface area contributed by atoms with Gasteiger partial charge in [-0.1, -0.05) is 0 Å². The number of hydrogen-bond acceptors (Lipinski definition) is 5. The second-order valence-electron chi connectivity index (χ2n) is 4.55. The summed E-state index contributed by atoms with van der Waals surface area (Å²) in [5.41, 5.74) is 1.79. The van der Waals surface area contributed by atoms with Crippen LogP contribution in [0.4, 0.5) is 0 Å². The first-order valence-corrected chi connectivity index (χ1v) is 7.85. The first-order chi connectivity index (χ1) is 10.1. The summed E-state index contributed by atoms with van der Waals surface area (Å²) < 4.78 is 11.2. The number of ketones is 1. The number of thiazole rings is 1. The van der Waals surface area contributed by atoms with Gasteiger partial charge in [0.05, 0.1) is 18.9 Å². The van der Waals surface area contributed by atoms with Crippen LogP contribution in [0.25, 0.3) is 10.6 Å². The predicted octanol–water partition coefficient (Wildman–Crippen LogP) is 3.74. The minimum atomic E-state index is 0.119. The van der Waals surface area contributed by atoms with E-state index in [1.807, 2.05) is 37.4 Å². The Bertz CT molecular complexity index is 622. The molecule has 0 N–H and O–H groups in total. The van der Waals surface area contributed by atoms with Gasteiger partial charge in [-0.15, -0.1) is 11.3 Å². The van der Waals surface area contributed by atoms with Gasteiger partial charge in [0.15, 0.2) is 11.5 Å².